The number of rotatable bonds is 9. The average Bonchev–Trinajstić information content (AvgIpc) is 3.19. The van der Waals surface area contributed by atoms with Crippen molar-refractivity contribution in [3.8, 4) is 28.6 Å². The normalized spacial score (nSPS) is 17.5. The van der Waals surface area contributed by atoms with Gasteiger partial charge in [0.05, 0.1) is 33.4 Å². The van der Waals surface area contributed by atoms with Gasteiger partial charge in [-0.3, -0.25) is 4.90 Å². The Morgan fingerprint density at radius 1 is 1.18 bits per heavy atom. The highest BCUT2D eigenvalue weighted by Crippen LogP contribution is 2.43. The first-order valence-corrected chi connectivity index (χ1v) is 9.65. The maximum Gasteiger partial charge on any atom is 0.241 e. The van der Waals surface area contributed by atoms with Gasteiger partial charge in [-0.2, -0.15) is 4.98 Å². The zero-order valence-corrected chi connectivity index (χ0v) is 16.8. The van der Waals surface area contributed by atoms with E-state index in [1.54, 1.807) is 27.4 Å². The second-order valence-electron chi connectivity index (χ2n) is 7.00. The summed E-state index contributed by atoms with van der Waals surface area (Å²) >= 11 is 0. The Kier molecular flexibility index (Phi) is 7.11. The van der Waals surface area contributed by atoms with Gasteiger partial charge < -0.3 is 23.8 Å². The molecule has 2 heterocycles. The fraction of sp³-hybridized carbons (Fsp3) is 0.600. The van der Waals surface area contributed by atoms with Crippen LogP contribution in [0.25, 0.3) is 11.4 Å². The molecular formula is C20H29N3O5. The number of methoxy groups -OCH3 is 3. The molecule has 0 spiro atoms. The van der Waals surface area contributed by atoms with Crippen molar-refractivity contribution < 1.29 is 23.8 Å². The van der Waals surface area contributed by atoms with Crippen LogP contribution in [0.4, 0.5) is 0 Å². The van der Waals surface area contributed by atoms with Gasteiger partial charge in [-0.25, -0.2) is 0 Å². The van der Waals surface area contributed by atoms with E-state index in [1.807, 2.05) is 6.07 Å². The molecule has 1 atom stereocenters. The summed E-state index contributed by atoms with van der Waals surface area (Å²) in [6, 6.07) is 3.63. The molecule has 1 aliphatic heterocycles. The number of hydrogen-bond donors (Lipinski definition) is 1. The summed E-state index contributed by atoms with van der Waals surface area (Å²) in [5, 5.41) is 13.2. The van der Waals surface area contributed by atoms with Crippen molar-refractivity contribution in [2.45, 2.75) is 32.2 Å². The smallest absolute Gasteiger partial charge is 0.241 e. The summed E-state index contributed by atoms with van der Waals surface area (Å²) in [4.78, 5) is 6.91. The Morgan fingerprint density at radius 3 is 2.71 bits per heavy atom. The summed E-state index contributed by atoms with van der Waals surface area (Å²) in [6.07, 6.45) is 4.29. The molecule has 1 aromatic carbocycles. The van der Waals surface area contributed by atoms with E-state index in [0.717, 1.165) is 32.4 Å². The molecule has 0 bridgehead atoms. The molecule has 0 aliphatic carbocycles. The first kappa shape index (κ1) is 20.4. The fourth-order valence-electron chi connectivity index (χ4n) is 3.81. The summed E-state index contributed by atoms with van der Waals surface area (Å²) in [6.45, 7) is 2.90. The van der Waals surface area contributed by atoms with Crippen molar-refractivity contribution in [1.29, 1.82) is 0 Å². The lowest BCUT2D eigenvalue weighted by Gasteiger charge is -2.31. The van der Waals surface area contributed by atoms with Crippen LogP contribution in [0.5, 0.6) is 17.2 Å². The number of aromatic nitrogens is 2. The van der Waals surface area contributed by atoms with E-state index in [-0.39, 0.29) is 6.61 Å². The number of piperidine rings is 1. The van der Waals surface area contributed by atoms with E-state index in [0.29, 0.717) is 47.0 Å². The Morgan fingerprint density at radius 2 is 2.00 bits per heavy atom. The number of likely N-dealkylation sites (tertiary alicyclic amines) is 1. The van der Waals surface area contributed by atoms with Gasteiger partial charge in [0.1, 0.15) is 0 Å². The predicted octanol–water partition coefficient (Wildman–Crippen LogP) is 2.75. The molecule has 0 saturated carbocycles. The molecule has 0 amide bonds. The molecule has 1 aliphatic rings. The van der Waals surface area contributed by atoms with Gasteiger partial charge >= 0.3 is 0 Å². The van der Waals surface area contributed by atoms with Gasteiger partial charge in [-0.1, -0.05) is 5.16 Å². The monoisotopic (exact) mass is 391 g/mol. The summed E-state index contributed by atoms with van der Waals surface area (Å²) in [7, 11) is 4.72. The van der Waals surface area contributed by atoms with Crippen molar-refractivity contribution in [3.63, 3.8) is 0 Å². The number of nitrogens with zero attached hydrogens (tertiary/aromatic N) is 3. The van der Waals surface area contributed by atoms with Crippen LogP contribution >= 0.6 is 0 Å². The SMILES string of the molecule is COc1ccc(-c2noc(CN3CCCC(CCCO)C3)n2)c(OC)c1OC. The molecule has 0 radical (unpaired) electrons. The number of aliphatic hydroxyl groups excluding tert-OH is 1. The molecule has 1 N–H and O–H groups in total. The standard InChI is InChI=1S/C20H29N3O5/c1-25-16-9-8-15(18(26-2)19(16)27-3)20-21-17(28-22-20)13-23-10-4-6-14(12-23)7-5-11-24/h8-9,14,24H,4-7,10-13H2,1-3H3. The highest BCUT2D eigenvalue weighted by molar-refractivity contribution is 5.71. The van der Waals surface area contributed by atoms with Crippen molar-refractivity contribution in [1.82, 2.24) is 15.0 Å². The molecule has 1 fully saturated rings. The van der Waals surface area contributed by atoms with Crippen LogP contribution in [0.1, 0.15) is 31.6 Å². The quantitative estimate of drug-likeness (QED) is 0.698. The third kappa shape index (κ3) is 4.56. The van der Waals surface area contributed by atoms with E-state index >= 15 is 0 Å². The summed E-state index contributed by atoms with van der Waals surface area (Å²) < 4.78 is 21.8. The molecule has 28 heavy (non-hydrogen) atoms. The molecule has 1 aromatic heterocycles. The molecular weight excluding hydrogens is 362 g/mol. The van der Waals surface area contributed by atoms with E-state index in [4.69, 9.17) is 23.8 Å². The topological polar surface area (TPSA) is 90.1 Å². The molecule has 3 rings (SSSR count). The lowest BCUT2D eigenvalue weighted by Crippen LogP contribution is -2.35. The largest absolute Gasteiger partial charge is 0.493 e. The third-order valence-corrected chi connectivity index (χ3v) is 5.15. The lowest BCUT2D eigenvalue weighted by atomic mass is 9.93. The van der Waals surface area contributed by atoms with Gasteiger partial charge in [0.25, 0.3) is 0 Å². The van der Waals surface area contributed by atoms with Crippen LogP contribution in [0.3, 0.4) is 0 Å². The molecule has 154 valence electrons. The highest BCUT2D eigenvalue weighted by atomic mass is 16.5. The van der Waals surface area contributed by atoms with Crippen LogP contribution in [0, 0.1) is 5.92 Å². The van der Waals surface area contributed by atoms with Crippen molar-refractivity contribution >= 4 is 0 Å². The minimum Gasteiger partial charge on any atom is -0.493 e. The van der Waals surface area contributed by atoms with Gasteiger partial charge in [0.2, 0.25) is 17.5 Å². The number of aliphatic hydroxyl groups is 1. The van der Waals surface area contributed by atoms with Crippen LogP contribution < -0.4 is 14.2 Å². The van der Waals surface area contributed by atoms with Gasteiger partial charge in [-0.15, -0.1) is 0 Å². The van der Waals surface area contributed by atoms with Gasteiger partial charge in [0.15, 0.2) is 11.5 Å². The van der Waals surface area contributed by atoms with Crippen molar-refractivity contribution in [2.24, 2.45) is 5.92 Å². The number of benzene rings is 1. The van der Waals surface area contributed by atoms with Crippen molar-refractivity contribution in [3.05, 3.63) is 18.0 Å². The van der Waals surface area contributed by atoms with Crippen LogP contribution in [0.2, 0.25) is 0 Å². The Bertz CT molecular complexity index is 764. The van der Waals surface area contributed by atoms with Gasteiger partial charge in [0, 0.05) is 13.2 Å². The number of hydrogen-bond acceptors (Lipinski definition) is 8. The zero-order chi connectivity index (χ0) is 19.9. The average molecular weight is 391 g/mol. The molecule has 2 aromatic rings. The summed E-state index contributed by atoms with van der Waals surface area (Å²) in [5.41, 5.74) is 0.689. The van der Waals surface area contributed by atoms with E-state index < -0.39 is 0 Å². The van der Waals surface area contributed by atoms with Crippen LogP contribution in [-0.2, 0) is 6.54 Å². The van der Waals surface area contributed by atoms with E-state index in [1.165, 1.54) is 6.42 Å². The highest BCUT2D eigenvalue weighted by Gasteiger charge is 2.23. The third-order valence-electron chi connectivity index (χ3n) is 5.15. The number of ether oxygens (including phenoxy) is 3. The van der Waals surface area contributed by atoms with Gasteiger partial charge in [-0.05, 0) is 50.3 Å². The molecule has 8 nitrogen and oxygen atoms in total. The summed E-state index contributed by atoms with van der Waals surface area (Å²) in [5.74, 6) is 3.24. The Balaban J connectivity index is 1.74. The van der Waals surface area contributed by atoms with Crippen molar-refractivity contribution in [2.75, 3.05) is 41.0 Å². The lowest BCUT2D eigenvalue weighted by molar-refractivity contribution is 0.139. The van der Waals surface area contributed by atoms with E-state index in [9.17, 15) is 0 Å². The first-order valence-electron chi connectivity index (χ1n) is 9.65. The Labute approximate surface area is 165 Å². The van der Waals surface area contributed by atoms with Crippen LogP contribution in [0.15, 0.2) is 16.7 Å². The van der Waals surface area contributed by atoms with Crippen LogP contribution in [-0.4, -0.2) is 61.2 Å². The zero-order valence-electron chi connectivity index (χ0n) is 16.8. The molecule has 8 heteroatoms. The van der Waals surface area contributed by atoms with E-state index in [2.05, 4.69) is 15.0 Å². The maximum absolute atomic E-state index is 9.05. The molecule has 1 unspecified atom stereocenters. The fourth-order valence-corrected chi connectivity index (χ4v) is 3.81. The molecule has 1 saturated heterocycles. The predicted molar refractivity (Wildman–Crippen MR) is 104 cm³/mol. The minimum absolute atomic E-state index is 0.261. The first-order chi connectivity index (χ1) is 13.7. The second-order valence-corrected chi connectivity index (χ2v) is 7.00. The minimum atomic E-state index is 0.261. The maximum atomic E-state index is 9.05. The second kappa shape index (κ2) is 9.75. The Hall–Kier alpha value is -2.32.